The number of rotatable bonds is 2. The van der Waals surface area contributed by atoms with E-state index in [9.17, 15) is 9.18 Å². The second-order valence-corrected chi connectivity index (χ2v) is 6.04. The quantitative estimate of drug-likeness (QED) is 0.904. The number of carbonyl (C=O) groups excluding carboxylic acids is 1. The van der Waals surface area contributed by atoms with Gasteiger partial charge in [-0.2, -0.15) is 0 Å². The van der Waals surface area contributed by atoms with Gasteiger partial charge in [0.2, 0.25) is 0 Å². The zero-order valence-corrected chi connectivity index (χ0v) is 12.7. The lowest BCUT2D eigenvalue weighted by Crippen LogP contribution is -2.19. The molecular formula is C17H19FN2O. The number of nitrogens with zero attached hydrogens (tertiary/aromatic N) is 1. The molecule has 2 rings (SSSR count). The van der Waals surface area contributed by atoms with Gasteiger partial charge >= 0.3 is 0 Å². The van der Waals surface area contributed by atoms with Crippen molar-refractivity contribution in [3.8, 4) is 0 Å². The predicted molar refractivity (Wildman–Crippen MR) is 82.0 cm³/mol. The Morgan fingerprint density at radius 2 is 1.90 bits per heavy atom. The van der Waals surface area contributed by atoms with Gasteiger partial charge in [-0.25, -0.2) is 4.39 Å². The molecule has 0 aliphatic rings. The van der Waals surface area contributed by atoms with Crippen molar-refractivity contribution in [2.45, 2.75) is 33.1 Å². The first-order valence-corrected chi connectivity index (χ1v) is 6.82. The molecule has 0 aliphatic heterocycles. The molecule has 4 heteroatoms. The summed E-state index contributed by atoms with van der Waals surface area (Å²) in [4.78, 5) is 16.0. The van der Waals surface area contributed by atoms with Gasteiger partial charge in [0.1, 0.15) is 5.69 Å². The van der Waals surface area contributed by atoms with Crippen LogP contribution in [0, 0.1) is 12.7 Å². The summed E-state index contributed by atoms with van der Waals surface area (Å²) in [6, 6.07) is 8.43. The lowest BCUT2D eigenvalue weighted by Gasteiger charge is -2.23. The molecule has 0 unspecified atom stereocenters. The third kappa shape index (κ3) is 3.27. The molecule has 0 bridgehead atoms. The van der Waals surface area contributed by atoms with E-state index in [4.69, 9.17) is 0 Å². The predicted octanol–water partition coefficient (Wildman–Crippen LogP) is 4.08. The highest BCUT2D eigenvalue weighted by Crippen LogP contribution is 2.32. The number of aromatic nitrogens is 1. The number of carbonyl (C=O) groups is 1. The van der Waals surface area contributed by atoms with Crippen LogP contribution in [0.3, 0.4) is 0 Å². The van der Waals surface area contributed by atoms with E-state index in [-0.39, 0.29) is 22.6 Å². The highest BCUT2D eigenvalue weighted by atomic mass is 19.1. The normalized spacial score (nSPS) is 11.3. The molecule has 1 heterocycles. The average Bonchev–Trinajstić information content (AvgIpc) is 2.41. The Balaban J connectivity index is 2.36. The zero-order valence-electron chi connectivity index (χ0n) is 12.7. The monoisotopic (exact) mass is 286 g/mol. The van der Waals surface area contributed by atoms with Crippen LogP contribution in [-0.2, 0) is 5.41 Å². The first-order chi connectivity index (χ1) is 9.80. The molecular weight excluding hydrogens is 267 g/mol. The van der Waals surface area contributed by atoms with E-state index in [1.54, 1.807) is 24.3 Å². The highest BCUT2D eigenvalue weighted by Gasteiger charge is 2.23. The minimum atomic E-state index is -0.418. The maximum atomic E-state index is 14.7. The minimum absolute atomic E-state index is 0.182. The molecule has 1 N–H and O–H groups in total. The molecule has 0 aliphatic carbocycles. The first-order valence-electron chi connectivity index (χ1n) is 6.82. The maximum absolute atomic E-state index is 14.7. The second-order valence-electron chi connectivity index (χ2n) is 6.04. The molecule has 0 saturated carbocycles. The molecule has 0 saturated heterocycles. The summed E-state index contributed by atoms with van der Waals surface area (Å²) in [6.45, 7) is 7.71. The molecule has 0 spiro atoms. The molecule has 1 aromatic carbocycles. The molecule has 2 aromatic rings. The number of hydrogen-bond acceptors (Lipinski definition) is 2. The van der Waals surface area contributed by atoms with Gasteiger partial charge in [-0.1, -0.05) is 32.9 Å². The summed E-state index contributed by atoms with van der Waals surface area (Å²) in [6.07, 6.45) is 1.53. The smallest absolute Gasteiger partial charge is 0.274 e. The van der Waals surface area contributed by atoms with Crippen LogP contribution in [0.5, 0.6) is 0 Å². The summed E-state index contributed by atoms with van der Waals surface area (Å²) >= 11 is 0. The van der Waals surface area contributed by atoms with E-state index >= 15 is 0 Å². The zero-order chi connectivity index (χ0) is 15.6. The van der Waals surface area contributed by atoms with Crippen LogP contribution < -0.4 is 5.32 Å². The van der Waals surface area contributed by atoms with E-state index in [0.717, 1.165) is 5.56 Å². The highest BCUT2D eigenvalue weighted by molar-refractivity contribution is 6.02. The Morgan fingerprint density at radius 3 is 2.48 bits per heavy atom. The largest absolute Gasteiger partial charge is 0.318 e. The van der Waals surface area contributed by atoms with Crippen LogP contribution in [0.1, 0.15) is 42.4 Å². The summed E-state index contributed by atoms with van der Waals surface area (Å²) < 4.78 is 14.7. The third-order valence-corrected chi connectivity index (χ3v) is 3.25. The van der Waals surface area contributed by atoms with E-state index in [1.807, 2.05) is 33.8 Å². The van der Waals surface area contributed by atoms with Crippen LogP contribution in [0.4, 0.5) is 10.1 Å². The Kier molecular flexibility index (Phi) is 4.07. The number of aryl methyl sites for hydroxylation is 1. The lowest BCUT2D eigenvalue weighted by molar-refractivity contribution is 0.102. The van der Waals surface area contributed by atoms with Crippen molar-refractivity contribution in [3.05, 3.63) is 59.2 Å². The number of halogens is 1. The Morgan fingerprint density at radius 1 is 1.19 bits per heavy atom. The van der Waals surface area contributed by atoms with Crippen molar-refractivity contribution < 1.29 is 9.18 Å². The minimum Gasteiger partial charge on any atom is -0.318 e. The number of benzene rings is 1. The van der Waals surface area contributed by atoms with Gasteiger partial charge in [0.25, 0.3) is 5.91 Å². The van der Waals surface area contributed by atoms with Crippen molar-refractivity contribution in [2.24, 2.45) is 0 Å². The van der Waals surface area contributed by atoms with E-state index in [1.165, 1.54) is 6.20 Å². The SMILES string of the molecule is Cc1ccc(NC(=O)c2ccccn2)c(F)c1C(C)(C)C. The van der Waals surface area contributed by atoms with Crippen LogP contribution in [-0.4, -0.2) is 10.9 Å². The average molecular weight is 286 g/mol. The van der Waals surface area contributed by atoms with Gasteiger partial charge in [-0.05, 0) is 41.7 Å². The van der Waals surface area contributed by atoms with Crippen LogP contribution in [0.2, 0.25) is 0 Å². The van der Waals surface area contributed by atoms with Crippen LogP contribution in [0.25, 0.3) is 0 Å². The Hall–Kier alpha value is -2.23. The summed E-state index contributed by atoms with van der Waals surface area (Å²) in [7, 11) is 0. The van der Waals surface area contributed by atoms with Crippen LogP contribution >= 0.6 is 0 Å². The number of amides is 1. The topological polar surface area (TPSA) is 42.0 Å². The van der Waals surface area contributed by atoms with Gasteiger partial charge in [-0.3, -0.25) is 9.78 Å². The molecule has 0 radical (unpaired) electrons. The van der Waals surface area contributed by atoms with Crippen molar-refractivity contribution >= 4 is 11.6 Å². The molecule has 3 nitrogen and oxygen atoms in total. The Labute approximate surface area is 124 Å². The molecule has 1 aromatic heterocycles. The van der Waals surface area contributed by atoms with Crippen molar-refractivity contribution in [1.29, 1.82) is 0 Å². The van der Waals surface area contributed by atoms with Crippen LogP contribution in [0.15, 0.2) is 36.5 Å². The fourth-order valence-electron chi connectivity index (χ4n) is 2.37. The molecule has 21 heavy (non-hydrogen) atoms. The first kappa shape index (κ1) is 15.2. The van der Waals surface area contributed by atoms with Gasteiger partial charge in [-0.15, -0.1) is 0 Å². The van der Waals surface area contributed by atoms with Gasteiger partial charge < -0.3 is 5.32 Å². The van der Waals surface area contributed by atoms with Crippen molar-refractivity contribution in [2.75, 3.05) is 5.32 Å². The fourth-order valence-corrected chi connectivity index (χ4v) is 2.37. The third-order valence-electron chi connectivity index (χ3n) is 3.25. The lowest BCUT2D eigenvalue weighted by atomic mass is 9.83. The molecule has 0 fully saturated rings. The van der Waals surface area contributed by atoms with Crippen molar-refractivity contribution in [1.82, 2.24) is 4.98 Å². The number of anilines is 1. The number of pyridine rings is 1. The Bertz CT molecular complexity index is 660. The standard InChI is InChI=1S/C17H19FN2O/c1-11-8-9-12(15(18)14(11)17(2,3)4)20-16(21)13-7-5-6-10-19-13/h5-10H,1-4H3,(H,20,21). The summed E-state index contributed by atoms with van der Waals surface area (Å²) in [5, 5.41) is 2.59. The summed E-state index contributed by atoms with van der Waals surface area (Å²) in [5.41, 5.74) is 1.59. The van der Waals surface area contributed by atoms with E-state index < -0.39 is 5.91 Å². The van der Waals surface area contributed by atoms with Gasteiger partial charge in [0.15, 0.2) is 5.82 Å². The fraction of sp³-hybridized carbons (Fsp3) is 0.294. The van der Waals surface area contributed by atoms with Gasteiger partial charge in [0, 0.05) is 6.20 Å². The van der Waals surface area contributed by atoms with Gasteiger partial charge in [0.05, 0.1) is 5.69 Å². The molecule has 1 amide bonds. The second kappa shape index (κ2) is 5.64. The summed E-state index contributed by atoms with van der Waals surface area (Å²) in [5.74, 6) is -0.801. The van der Waals surface area contributed by atoms with E-state index in [0.29, 0.717) is 5.56 Å². The maximum Gasteiger partial charge on any atom is 0.274 e. The van der Waals surface area contributed by atoms with Crippen molar-refractivity contribution in [3.63, 3.8) is 0 Å². The number of hydrogen-bond donors (Lipinski definition) is 1. The molecule has 110 valence electrons. The van der Waals surface area contributed by atoms with E-state index in [2.05, 4.69) is 10.3 Å². The number of nitrogens with one attached hydrogen (secondary N) is 1. The molecule has 0 atom stereocenters.